The second-order valence-electron chi connectivity index (χ2n) is 7.04. The van der Waals surface area contributed by atoms with Crippen molar-refractivity contribution in [3.63, 3.8) is 0 Å². The monoisotopic (exact) mass is 385 g/mol. The third kappa shape index (κ3) is 3.34. The number of nitrogens with one attached hydrogen (secondary N) is 2. The number of phenolic OH excluding ortho intramolecular Hbond substituents is 1. The number of nitrogens with zero attached hydrogens (tertiary/aromatic N) is 1. The molecule has 0 aliphatic heterocycles. The molecular weight excluding hydrogens is 362 g/mol. The van der Waals surface area contributed by atoms with Gasteiger partial charge in [-0.15, -0.1) is 0 Å². The number of rotatable bonds is 6. The van der Waals surface area contributed by atoms with E-state index in [1.165, 1.54) is 17.9 Å². The van der Waals surface area contributed by atoms with Gasteiger partial charge in [0.25, 0.3) is 5.91 Å². The summed E-state index contributed by atoms with van der Waals surface area (Å²) in [5.74, 6) is 0.255. The standard InChI is InChI=1S/C20H23N3O5/c1-11-8-9-12(28-11)10-21-17-15(18(25)20(17,2)27)22-14-7-5-6-13(16(14)24)19(26)23(3)4/h5-9,21-22,24,27H,10H2,1-4H3. The second kappa shape index (κ2) is 7.05. The first-order chi connectivity index (χ1) is 13.1. The van der Waals surface area contributed by atoms with Crippen LogP contribution in [0.5, 0.6) is 5.75 Å². The topological polar surface area (TPSA) is 115 Å². The quantitative estimate of drug-likeness (QED) is 0.560. The number of anilines is 1. The van der Waals surface area contributed by atoms with Gasteiger partial charge in [-0.05, 0) is 38.1 Å². The lowest BCUT2D eigenvalue weighted by molar-refractivity contribution is -0.132. The number of carbonyl (C=O) groups excluding carboxylic acids is 2. The van der Waals surface area contributed by atoms with Crippen LogP contribution < -0.4 is 10.6 Å². The summed E-state index contributed by atoms with van der Waals surface area (Å²) >= 11 is 0. The Bertz CT molecular complexity index is 972. The molecule has 1 aliphatic rings. The van der Waals surface area contributed by atoms with Gasteiger partial charge in [-0.1, -0.05) is 6.07 Å². The number of amides is 1. The van der Waals surface area contributed by atoms with Crippen molar-refractivity contribution < 1.29 is 24.2 Å². The average molecular weight is 385 g/mol. The Balaban J connectivity index is 1.87. The SMILES string of the molecule is Cc1ccc(CNC2=C(Nc3cccc(C(=O)N(C)C)c3O)C(=O)C2(C)O)o1. The Hall–Kier alpha value is -3.26. The van der Waals surface area contributed by atoms with Crippen LogP contribution >= 0.6 is 0 Å². The molecule has 3 rings (SSSR count). The fourth-order valence-electron chi connectivity index (χ4n) is 2.98. The maximum absolute atomic E-state index is 12.4. The van der Waals surface area contributed by atoms with Gasteiger partial charge in [0.05, 0.1) is 23.5 Å². The third-order valence-electron chi connectivity index (χ3n) is 4.57. The van der Waals surface area contributed by atoms with Crippen LogP contribution in [0.4, 0.5) is 5.69 Å². The van der Waals surface area contributed by atoms with Gasteiger partial charge in [0.15, 0.2) is 11.4 Å². The van der Waals surface area contributed by atoms with Crippen molar-refractivity contribution >= 4 is 17.4 Å². The minimum atomic E-state index is -1.67. The van der Waals surface area contributed by atoms with Crippen LogP contribution in [0.3, 0.4) is 0 Å². The zero-order chi connectivity index (χ0) is 20.6. The first-order valence-corrected chi connectivity index (χ1v) is 8.74. The van der Waals surface area contributed by atoms with E-state index >= 15 is 0 Å². The summed E-state index contributed by atoms with van der Waals surface area (Å²) in [5.41, 5.74) is -0.959. The number of aryl methyl sites for hydroxylation is 1. The second-order valence-corrected chi connectivity index (χ2v) is 7.04. The molecule has 0 spiro atoms. The fraction of sp³-hybridized carbons (Fsp3) is 0.300. The van der Waals surface area contributed by atoms with Crippen molar-refractivity contribution in [1.82, 2.24) is 10.2 Å². The van der Waals surface area contributed by atoms with Gasteiger partial charge >= 0.3 is 0 Å². The Morgan fingerprint density at radius 1 is 1.25 bits per heavy atom. The highest BCUT2D eigenvalue weighted by Gasteiger charge is 2.49. The molecule has 1 aliphatic carbocycles. The van der Waals surface area contributed by atoms with Gasteiger partial charge in [-0.2, -0.15) is 0 Å². The van der Waals surface area contributed by atoms with E-state index in [2.05, 4.69) is 10.6 Å². The Kier molecular flexibility index (Phi) is 4.91. The molecule has 1 aromatic heterocycles. The molecule has 1 heterocycles. The fourth-order valence-corrected chi connectivity index (χ4v) is 2.98. The number of aromatic hydroxyl groups is 1. The number of hydrogen-bond acceptors (Lipinski definition) is 7. The van der Waals surface area contributed by atoms with Gasteiger partial charge in [-0.3, -0.25) is 9.59 Å². The van der Waals surface area contributed by atoms with Crippen LogP contribution in [-0.2, 0) is 11.3 Å². The summed E-state index contributed by atoms with van der Waals surface area (Å²) in [6.07, 6.45) is 0. The van der Waals surface area contributed by atoms with E-state index in [1.807, 2.05) is 13.0 Å². The van der Waals surface area contributed by atoms with Gasteiger partial charge in [0.2, 0.25) is 5.78 Å². The minimum absolute atomic E-state index is 0.106. The highest BCUT2D eigenvalue weighted by atomic mass is 16.3. The highest BCUT2D eigenvalue weighted by molar-refractivity contribution is 6.14. The maximum atomic E-state index is 12.4. The molecule has 0 saturated carbocycles. The Labute approximate surface area is 162 Å². The summed E-state index contributed by atoms with van der Waals surface area (Å²) in [6.45, 7) is 3.49. The molecule has 8 heteroatoms. The molecule has 1 amide bonds. The number of phenols is 1. The predicted octanol–water partition coefficient (Wildman–Crippen LogP) is 1.74. The molecule has 0 radical (unpaired) electrons. The number of aliphatic hydroxyl groups is 1. The number of hydrogen-bond donors (Lipinski definition) is 4. The first kappa shape index (κ1) is 19.5. The zero-order valence-electron chi connectivity index (χ0n) is 16.2. The maximum Gasteiger partial charge on any atom is 0.257 e. The molecule has 4 N–H and O–H groups in total. The summed E-state index contributed by atoms with van der Waals surface area (Å²) in [4.78, 5) is 25.9. The molecule has 2 aromatic rings. The molecule has 28 heavy (non-hydrogen) atoms. The largest absolute Gasteiger partial charge is 0.505 e. The highest BCUT2D eigenvalue weighted by Crippen LogP contribution is 2.37. The van der Waals surface area contributed by atoms with Crippen molar-refractivity contribution in [1.29, 1.82) is 0 Å². The summed E-state index contributed by atoms with van der Waals surface area (Å²) in [6, 6.07) is 8.25. The van der Waals surface area contributed by atoms with Crippen LogP contribution in [0.2, 0.25) is 0 Å². The normalized spacial score (nSPS) is 18.7. The van der Waals surface area contributed by atoms with E-state index in [0.29, 0.717) is 5.76 Å². The molecule has 0 saturated heterocycles. The zero-order valence-corrected chi connectivity index (χ0v) is 16.2. The molecule has 148 valence electrons. The van der Waals surface area contributed by atoms with Crippen LogP contribution in [0.1, 0.15) is 28.8 Å². The van der Waals surface area contributed by atoms with Gasteiger partial charge in [0.1, 0.15) is 17.2 Å². The number of benzene rings is 1. The van der Waals surface area contributed by atoms with Crippen LogP contribution in [0.15, 0.2) is 46.1 Å². The van der Waals surface area contributed by atoms with E-state index in [1.54, 1.807) is 32.3 Å². The lowest BCUT2D eigenvalue weighted by Gasteiger charge is -2.37. The van der Waals surface area contributed by atoms with Crippen molar-refractivity contribution in [3.8, 4) is 5.75 Å². The number of carbonyl (C=O) groups is 2. The molecule has 8 nitrogen and oxygen atoms in total. The first-order valence-electron chi connectivity index (χ1n) is 8.74. The number of Topliss-reactive ketones (excluding diaryl/α,β-unsaturated/α-hetero) is 1. The van der Waals surface area contributed by atoms with E-state index in [9.17, 15) is 19.8 Å². The molecule has 1 unspecified atom stereocenters. The van der Waals surface area contributed by atoms with Crippen molar-refractivity contribution in [3.05, 3.63) is 58.8 Å². The molecular formula is C20H23N3O5. The number of furan rings is 1. The van der Waals surface area contributed by atoms with Crippen molar-refractivity contribution in [2.45, 2.75) is 26.0 Å². The van der Waals surface area contributed by atoms with Crippen LogP contribution in [0, 0.1) is 6.92 Å². The summed E-state index contributed by atoms with van der Waals surface area (Å²) in [7, 11) is 3.16. The van der Waals surface area contributed by atoms with Crippen LogP contribution in [-0.4, -0.2) is 46.5 Å². The van der Waals surface area contributed by atoms with Crippen molar-refractivity contribution in [2.24, 2.45) is 0 Å². The van der Waals surface area contributed by atoms with Gasteiger partial charge < -0.3 is 30.2 Å². The number of ketones is 1. The van der Waals surface area contributed by atoms with Gasteiger partial charge in [0, 0.05) is 14.1 Å². The van der Waals surface area contributed by atoms with Crippen LogP contribution in [0.25, 0.3) is 0 Å². The predicted molar refractivity (Wildman–Crippen MR) is 103 cm³/mol. The van der Waals surface area contributed by atoms with E-state index in [0.717, 1.165) is 5.76 Å². The lowest BCUT2D eigenvalue weighted by atomic mass is 9.81. The smallest absolute Gasteiger partial charge is 0.257 e. The molecule has 0 fully saturated rings. The van der Waals surface area contributed by atoms with E-state index in [-0.39, 0.29) is 40.8 Å². The molecule has 1 aromatic carbocycles. The number of para-hydroxylation sites is 1. The Morgan fingerprint density at radius 2 is 1.96 bits per heavy atom. The molecule has 1 atom stereocenters. The average Bonchev–Trinajstić information content (AvgIpc) is 3.06. The third-order valence-corrected chi connectivity index (χ3v) is 4.57. The summed E-state index contributed by atoms with van der Waals surface area (Å²) in [5, 5.41) is 26.7. The van der Waals surface area contributed by atoms with Gasteiger partial charge in [-0.25, -0.2) is 0 Å². The van der Waals surface area contributed by atoms with E-state index < -0.39 is 11.4 Å². The summed E-state index contributed by atoms with van der Waals surface area (Å²) < 4.78 is 5.48. The lowest BCUT2D eigenvalue weighted by Crippen LogP contribution is -2.55. The van der Waals surface area contributed by atoms with E-state index in [4.69, 9.17) is 4.42 Å². The minimum Gasteiger partial charge on any atom is -0.505 e. The van der Waals surface area contributed by atoms with Crippen molar-refractivity contribution in [2.75, 3.05) is 19.4 Å². The Morgan fingerprint density at radius 3 is 2.57 bits per heavy atom. The molecule has 0 bridgehead atoms.